The molecule has 32 heavy (non-hydrogen) atoms. The fourth-order valence-corrected chi connectivity index (χ4v) is 8.77. The van der Waals surface area contributed by atoms with Gasteiger partial charge in [-0.2, -0.15) is 13.2 Å². The molecule has 2 nitrogen and oxygen atoms in total. The molecule has 3 fully saturated rings. The summed E-state index contributed by atoms with van der Waals surface area (Å²) >= 11 is 0. The monoisotopic (exact) mass is 456 g/mol. The topological polar surface area (TPSA) is 40.5 Å². The molecule has 5 heteroatoms. The fourth-order valence-electron chi connectivity index (χ4n) is 8.77. The van der Waals surface area contributed by atoms with Crippen LogP contribution in [-0.2, 0) is 0 Å². The van der Waals surface area contributed by atoms with E-state index in [2.05, 4.69) is 33.8 Å². The minimum absolute atomic E-state index is 0.182. The quantitative estimate of drug-likeness (QED) is 0.435. The van der Waals surface area contributed by atoms with Crippen molar-refractivity contribution < 1.29 is 23.4 Å². The molecule has 0 bridgehead atoms. The number of rotatable bonds is 5. The predicted molar refractivity (Wildman–Crippen MR) is 121 cm³/mol. The molecule has 4 aliphatic rings. The van der Waals surface area contributed by atoms with E-state index in [1.54, 1.807) is 0 Å². The van der Waals surface area contributed by atoms with Crippen molar-refractivity contribution in [2.75, 3.05) is 0 Å². The van der Waals surface area contributed by atoms with Crippen LogP contribution in [-0.4, -0.2) is 28.1 Å². The van der Waals surface area contributed by atoms with Crippen LogP contribution in [0.2, 0.25) is 0 Å². The average Bonchev–Trinajstić information content (AvgIpc) is 3.09. The van der Waals surface area contributed by atoms with Gasteiger partial charge in [0.05, 0.1) is 5.60 Å². The number of alkyl halides is 3. The van der Waals surface area contributed by atoms with Crippen molar-refractivity contribution in [3.63, 3.8) is 0 Å². The molecule has 0 aliphatic heterocycles. The van der Waals surface area contributed by atoms with Crippen molar-refractivity contribution in [3.05, 3.63) is 11.6 Å². The Hall–Kier alpha value is -0.550. The zero-order valence-corrected chi connectivity index (χ0v) is 20.3. The highest BCUT2D eigenvalue weighted by atomic mass is 19.4. The first-order chi connectivity index (χ1) is 14.8. The smallest absolute Gasteiger partial charge is 0.390 e. The molecule has 1 unspecified atom stereocenters. The maximum absolute atomic E-state index is 12.8. The second-order valence-electron chi connectivity index (χ2n) is 12.4. The summed E-state index contributed by atoms with van der Waals surface area (Å²) in [6.45, 7) is 9.07. The van der Waals surface area contributed by atoms with Gasteiger partial charge in [0.1, 0.15) is 6.10 Å². The van der Waals surface area contributed by atoms with Crippen LogP contribution in [0.25, 0.3) is 0 Å². The summed E-state index contributed by atoms with van der Waals surface area (Å²) in [5.41, 5.74) is 1.36. The maximum Gasteiger partial charge on any atom is 0.414 e. The van der Waals surface area contributed by atoms with Gasteiger partial charge >= 0.3 is 6.18 Å². The van der Waals surface area contributed by atoms with E-state index in [1.807, 2.05) is 0 Å². The van der Waals surface area contributed by atoms with E-state index in [0.717, 1.165) is 44.9 Å². The number of aliphatic hydroxyl groups excluding tert-OH is 1. The zero-order valence-electron chi connectivity index (χ0n) is 20.3. The summed E-state index contributed by atoms with van der Waals surface area (Å²) in [5.74, 6) is 2.63. The zero-order chi connectivity index (χ0) is 23.5. The minimum Gasteiger partial charge on any atom is -0.390 e. The molecular weight excluding hydrogens is 413 g/mol. The van der Waals surface area contributed by atoms with Crippen LogP contribution in [0.4, 0.5) is 13.2 Å². The Kier molecular flexibility index (Phi) is 6.36. The third-order valence-corrected chi connectivity index (χ3v) is 10.9. The molecule has 3 saturated carbocycles. The summed E-state index contributed by atoms with van der Waals surface area (Å²) < 4.78 is 38.3. The maximum atomic E-state index is 12.8. The van der Waals surface area contributed by atoms with Crippen molar-refractivity contribution in [1.82, 2.24) is 0 Å². The summed E-state index contributed by atoms with van der Waals surface area (Å²) in [6, 6.07) is 0. The van der Waals surface area contributed by atoms with E-state index < -0.39 is 17.9 Å². The van der Waals surface area contributed by atoms with Crippen molar-refractivity contribution in [2.24, 2.45) is 40.4 Å². The molecule has 0 aromatic carbocycles. The molecule has 0 aromatic rings. The molecule has 184 valence electrons. The van der Waals surface area contributed by atoms with E-state index in [-0.39, 0.29) is 23.2 Å². The van der Waals surface area contributed by atoms with Crippen molar-refractivity contribution >= 4 is 0 Å². The van der Waals surface area contributed by atoms with Gasteiger partial charge in [-0.3, -0.25) is 0 Å². The molecule has 0 heterocycles. The lowest BCUT2D eigenvalue weighted by Crippen LogP contribution is -2.52. The number of fused-ring (bicyclic) bond motifs is 5. The van der Waals surface area contributed by atoms with Gasteiger partial charge in [0.25, 0.3) is 0 Å². The first kappa shape index (κ1) is 24.6. The third-order valence-electron chi connectivity index (χ3n) is 10.9. The summed E-state index contributed by atoms with van der Waals surface area (Å²) in [5, 5.41) is 20.4. The molecule has 0 radical (unpaired) electrons. The molecule has 9 atom stereocenters. The Balaban J connectivity index is 1.48. The molecular formula is C27H43F3O2. The molecule has 4 rings (SSSR count). The Morgan fingerprint density at radius 1 is 1.06 bits per heavy atom. The Morgan fingerprint density at radius 3 is 2.44 bits per heavy atom. The Morgan fingerprint density at radius 2 is 1.78 bits per heavy atom. The van der Waals surface area contributed by atoms with E-state index >= 15 is 0 Å². The highest BCUT2D eigenvalue weighted by Gasteiger charge is 2.59. The van der Waals surface area contributed by atoms with Gasteiger partial charge < -0.3 is 10.2 Å². The standard InChI is InChI=1S/C27H43F3O2/c1-5-26(32)15-14-24(3)18(16-26)7-8-19-21-10-9-20(25(21,4)13-12-22(19)24)17(2)6-11-23(31)27(28,29)30/h7,17,19-23,31-32H,5-6,8-16H2,1-4H3/t17-,19+,20?,21+,22+,23+,24+,25-,26+/m1/s1. The van der Waals surface area contributed by atoms with Gasteiger partial charge in [0.15, 0.2) is 0 Å². The summed E-state index contributed by atoms with van der Waals surface area (Å²) in [4.78, 5) is 0. The van der Waals surface area contributed by atoms with Crippen LogP contribution >= 0.6 is 0 Å². The van der Waals surface area contributed by atoms with Gasteiger partial charge in [-0.1, -0.05) is 39.3 Å². The lowest BCUT2D eigenvalue weighted by Gasteiger charge is -2.59. The van der Waals surface area contributed by atoms with Gasteiger partial charge in [-0.15, -0.1) is 0 Å². The lowest BCUT2D eigenvalue weighted by molar-refractivity contribution is -0.206. The predicted octanol–water partition coefficient (Wildman–Crippen LogP) is 7.05. The first-order valence-corrected chi connectivity index (χ1v) is 13.0. The molecule has 0 aromatic heterocycles. The van der Waals surface area contributed by atoms with Gasteiger partial charge in [-0.05, 0) is 111 Å². The minimum atomic E-state index is -4.51. The highest BCUT2D eigenvalue weighted by Crippen LogP contribution is 2.67. The second kappa shape index (κ2) is 8.29. The van der Waals surface area contributed by atoms with Crippen LogP contribution in [0.5, 0.6) is 0 Å². The van der Waals surface area contributed by atoms with E-state index in [4.69, 9.17) is 0 Å². The van der Waals surface area contributed by atoms with Crippen molar-refractivity contribution in [3.8, 4) is 0 Å². The molecule has 2 N–H and O–H groups in total. The van der Waals surface area contributed by atoms with E-state index in [1.165, 1.54) is 18.4 Å². The third kappa shape index (κ3) is 3.97. The number of aliphatic hydroxyl groups is 2. The Bertz CT molecular complexity index is 733. The van der Waals surface area contributed by atoms with Crippen LogP contribution in [0.3, 0.4) is 0 Å². The van der Waals surface area contributed by atoms with Crippen LogP contribution in [0, 0.1) is 40.4 Å². The van der Waals surface area contributed by atoms with Crippen LogP contribution < -0.4 is 0 Å². The number of allylic oxidation sites excluding steroid dienone is 1. The Labute approximate surface area is 192 Å². The SMILES string of the molecule is CC[C@]1(O)CC[C@@]2(C)C(=CC[C@@H]3[C@@H]2CC[C@]2(C)C([C@H](C)CC[C@H](O)C(F)(F)F)CC[C@@H]32)C1. The molecule has 4 aliphatic carbocycles. The van der Waals surface area contributed by atoms with Crippen LogP contribution in [0.1, 0.15) is 98.3 Å². The molecule has 0 spiro atoms. The fraction of sp³-hybridized carbons (Fsp3) is 0.926. The number of hydrogen-bond acceptors (Lipinski definition) is 2. The van der Waals surface area contributed by atoms with Gasteiger partial charge in [-0.25, -0.2) is 0 Å². The van der Waals surface area contributed by atoms with Gasteiger partial charge in [0.2, 0.25) is 0 Å². The largest absolute Gasteiger partial charge is 0.414 e. The summed E-state index contributed by atoms with van der Waals surface area (Å²) in [6.07, 6.45) is 5.39. The summed E-state index contributed by atoms with van der Waals surface area (Å²) in [7, 11) is 0. The van der Waals surface area contributed by atoms with Crippen LogP contribution in [0.15, 0.2) is 11.6 Å². The molecule has 0 saturated heterocycles. The number of hydrogen-bond donors (Lipinski definition) is 2. The van der Waals surface area contributed by atoms with E-state index in [0.29, 0.717) is 30.1 Å². The van der Waals surface area contributed by atoms with E-state index in [9.17, 15) is 23.4 Å². The highest BCUT2D eigenvalue weighted by molar-refractivity contribution is 5.27. The van der Waals surface area contributed by atoms with Gasteiger partial charge in [0, 0.05) is 0 Å². The van der Waals surface area contributed by atoms with Crippen molar-refractivity contribution in [2.45, 2.75) is 116 Å². The first-order valence-electron chi connectivity index (χ1n) is 13.0. The second-order valence-corrected chi connectivity index (χ2v) is 12.4. The average molecular weight is 457 g/mol. The van der Waals surface area contributed by atoms with Crippen molar-refractivity contribution in [1.29, 1.82) is 0 Å². The number of halogens is 3. The molecule has 0 amide bonds. The normalized spacial score (nSPS) is 46.0. The lowest BCUT2D eigenvalue weighted by atomic mass is 9.46.